The second-order valence-electron chi connectivity index (χ2n) is 26.1. The fourth-order valence-electron chi connectivity index (χ4n) is 14.7. The molecule has 6 aliphatic heterocycles. The Kier molecular flexibility index (Phi) is 18.1. The summed E-state index contributed by atoms with van der Waals surface area (Å²) in [4.78, 5) is 50.0. The summed E-state index contributed by atoms with van der Waals surface area (Å²) in [6, 6.07) is 46.1. The lowest BCUT2D eigenvalue weighted by Gasteiger charge is -2.42. The first-order valence-corrected chi connectivity index (χ1v) is 33.3. The van der Waals surface area contributed by atoms with E-state index in [1.165, 1.54) is 103 Å². The van der Waals surface area contributed by atoms with E-state index < -0.39 is 0 Å². The predicted octanol–water partition coefficient (Wildman–Crippen LogP) is 10.3. The van der Waals surface area contributed by atoms with E-state index >= 15 is 0 Å². The molecule has 0 spiro atoms. The molecule has 2 saturated carbocycles. The van der Waals surface area contributed by atoms with E-state index in [0.717, 1.165) is 111 Å². The summed E-state index contributed by atoms with van der Waals surface area (Å²) in [5.41, 5.74) is 7.79. The van der Waals surface area contributed by atoms with Crippen LogP contribution in [0.25, 0.3) is 21.5 Å². The van der Waals surface area contributed by atoms with Gasteiger partial charge in [0.15, 0.2) is 0 Å². The number of fused-ring (bicyclic) bond motifs is 4. The molecule has 2 unspecified atom stereocenters. The van der Waals surface area contributed by atoms with E-state index in [4.69, 9.17) is 34.1 Å². The molecule has 7 aromatic rings. The molecule has 4 saturated heterocycles. The summed E-state index contributed by atoms with van der Waals surface area (Å²) < 4.78 is 18.6. The Labute approximate surface area is 529 Å². The summed E-state index contributed by atoms with van der Waals surface area (Å²) in [5, 5.41) is 27.6. The van der Waals surface area contributed by atoms with Gasteiger partial charge in [0, 0.05) is 117 Å². The number of hydrogen-bond acceptors (Lipinski definition) is 17. The number of nitrogens with zero attached hydrogens (tertiary/aromatic N) is 13. The highest BCUT2D eigenvalue weighted by molar-refractivity contribution is 5.95. The molecule has 2 aliphatic carbocycles. The molecule has 18 nitrogen and oxygen atoms in total. The molecule has 1 N–H and O–H groups in total. The van der Waals surface area contributed by atoms with Crippen LogP contribution in [0.2, 0.25) is 0 Å². The third-order valence-corrected chi connectivity index (χ3v) is 19.9. The van der Waals surface area contributed by atoms with Gasteiger partial charge in [0.05, 0.1) is 55.5 Å². The predicted molar refractivity (Wildman–Crippen MR) is 351 cm³/mol. The second kappa shape index (κ2) is 27.4. The summed E-state index contributed by atoms with van der Waals surface area (Å²) >= 11 is 0. The van der Waals surface area contributed by atoms with Crippen LogP contribution in [0.4, 0.5) is 27.8 Å². The zero-order chi connectivity index (χ0) is 60.8. The fourth-order valence-corrected chi connectivity index (χ4v) is 14.7. The van der Waals surface area contributed by atoms with Gasteiger partial charge < -0.3 is 44.0 Å². The first-order chi connectivity index (χ1) is 44.4. The Morgan fingerprint density at radius 1 is 0.533 bits per heavy atom. The SMILES string of the molecule is N#CCC1CN(c2nc(OC[C@@H]3CCCN3CC3CC3)nc3c2CCN(c2cccc4ccccc24)C3)CCN1.N#CCC1CN(c2nc(OC[C@@H]3CCCN3CC3CC3)nc3c2CCN(c2cccc4ccccc24)C3)CCN1C(=O)OCc1ccccc1. The Morgan fingerprint density at radius 2 is 1.07 bits per heavy atom. The van der Waals surface area contributed by atoms with Gasteiger partial charge in [-0.3, -0.25) is 9.80 Å². The molecule has 4 atom stereocenters. The van der Waals surface area contributed by atoms with Gasteiger partial charge in [-0.2, -0.15) is 30.5 Å². The maximum absolute atomic E-state index is 13.3. The number of nitriles is 2. The van der Waals surface area contributed by atoms with Crippen LogP contribution in [0, 0.1) is 34.5 Å². The van der Waals surface area contributed by atoms with Crippen LogP contribution in [0.5, 0.6) is 12.0 Å². The quantitative estimate of drug-likeness (QED) is 0.0857. The molecule has 1 amide bonds. The lowest BCUT2D eigenvalue weighted by atomic mass is 10.0. The van der Waals surface area contributed by atoms with Gasteiger partial charge in [0.1, 0.15) is 31.5 Å². The molecule has 90 heavy (non-hydrogen) atoms. The molecule has 0 radical (unpaired) electrons. The van der Waals surface area contributed by atoms with Gasteiger partial charge in [-0.1, -0.05) is 103 Å². The van der Waals surface area contributed by atoms with E-state index in [-0.39, 0.29) is 31.2 Å². The molecule has 8 aliphatic rings. The lowest BCUT2D eigenvalue weighted by molar-refractivity contribution is 0.0767. The Hall–Kier alpha value is -8.29. The maximum atomic E-state index is 13.3. The average Bonchev–Trinajstić information content (AvgIpc) is 1.52. The van der Waals surface area contributed by atoms with Gasteiger partial charge in [0.2, 0.25) is 0 Å². The summed E-state index contributed by atoms with van der Waals surface area (Å²) in [6.45, 7) is 13.3. The first kappa shape index (κ1) is 59.3. The van der Waals surface area contributed by atoms with E-state index in [0.29, 0.717) is 69.9 Å². The molecule has 466 valence electrons. The van der Waals surface area contributed by atoms with Crippen molar-refractivity contribution >= 4 is 50.6 Å². The molecule has 8 heterocycles. The lowest BCUT2D eigenvalue weighted by Crippen LogP contribution is -2.55. The van der Waals surface area contributed by atoms with Gasteiger partial charge in [0.25, 0.3) is 0 Å². The standard InChI is InChI=1S/C40H45N7O3.C32H39N7O/c41-19-17-32-25-46(22-23-47(32)40(48)50-27-30-8-2-1-3-9-30)38-35-18-21-45(37-14-6-11-31-10-4-5-13-34(31)37)26-36(35)42-39(43-38)49-28-33-12-7-20-44(33)24-29-15-16-29;33-14-12-25-20-39(18-15-34-25)31-28-13-17-38(30-9-3-6-24-5-1-2-8-27(24)30)21-29(28)35-32(36-31)40-22-26-7-4-16-37(26)19-23-10-11-23/h1-6,8-11,13-14,29,32-33H,7,12,15-18,20-28H2;1-3,5-6,8-9,23,25-26,34H,4,7,10-13,15-22H2/t32?,33-;25?,26-/m00/s1. The second-order valence-corrected chi connectivity index (χ2v) is 26.1. The topological polar surface area (TPSA) is 179 Å². The van der Waals surface area contributed by atoms with Crippen LogP contribution in [-0.2, 0) is 37.3 Å². The molecule has 6 fully saturated rings. The minimum atomic E-state index is -0.388. The molecule has 18 heteroatoms. The van der Waals surface area contributed by atoms with E-state index in [1.54, 1.807) is 4.90 Å². The highest BCUT2D eigenvalue weighted by Gasteiger charge is 2.38. The minimum absolute atomic E-state index is 0.152. The summed E-state index contributed by atoms with van der Waals surface area (Å²) in [7, 11) is 0. The molecular weight excluding hydrogens is 1120 g/mol. The Bertz CT molecular complexity index is 3730. The van der Waals surface area contributed by atoms with E-state index in [1.807, 2.05) is 30.3 Å². The molecule has 2 aromatic heterocycles. The van der Waals surface area contributed by atoms with Crippen molar-refractivity contribution in [3.63, 3.8) is 0 Å². The highest BCUT2D eigenvalue weighted by atomic mass is 16.6. The zero-order valence-corrected chi connectivity index (χ0v) is 51.9. The number of nitrogens with one attached hydrogen (secondary N) is 1. The average molecular weight is 1210 g/mol. The molecule has 5 aromatic carbocycles. The van der Waals surface area contributed by atoms with Crippen LogP contribution < -0.4 is 34.4 Å². The third kappa shape index (κ3) is 13.7. The van der Waals surface area contributed by atoms with Crippen molar-refractivity contribution in [2.24, 2.45) is 11.8 Å². The van der Waals surface area contributed by atoms with Crippen molar-refractivity contribution in [2.45, 2.75) is 121 Å². The minimum Gasteiger partial charge on any atom is -0.462 e. The van der Waals surface area contributed by atoms with Crippen molar-refractivity contribution in [3.05, 3.63) is 143 Å². The number of piperazine rings is 2. The van der Waals surface area contributed by atoms with Crippen LogP contribution in [0.3, 0.4) is 0 Å². The number of carbonyl (C=O) groups is 1. The molecule has 0 bridgehead atoms. The van der Waals surface area contributed by atoms with Crippen molar-refractivity contribution in [3.8, 4) is 24.2 Å². The van der Waals surface area contributed by atoms with Gasteiger partial charge in [-0.15, -0.1) is 0 Å². The molecular formula is C72H84N14O4. The smallest absolute Gasteiger partial charge is 0.410 e. The number of ether oxygens (including phenoxy) is 3. The van der Waals surface area contributed by atoms with Gasteiger partial charge in [-0.05, 0) is 118 Å². The van der Waals surface area contributed by atoms with Gasteiger partial charge >= 0.3 is 18.1 Å². The summed E-state index contributed by atoms with van der Waals surface area (Å²) in [5.74, 6) is 3.60. The van der Waals surface area contributed by atoms with Gasteiger partial charge in [-0.25, -0.2) is 4.79 Å². The third-order valence-electron chi connectivity index (χ3n) is 19.9. The number of hydrogen-bond donors (Lipinski definition) is 1. The fraction of sp³-hybridized carbons (Fsp3) is 0.486. The van der Waals surface area contributed by atoms with Crippen molar-refractivity contribution < 1.29 is 19.0 Å². The number of benzene rings is 5. The number of carbonyl (C=O) groups excluding carboxylic acids is 1. The Morgan fingerprint density at radius 3 is 1.62 bits per heavy atom. The van der Waals surface area contributed by atoms with Crippen molar-refractivity contribution in [1.29, 1.82) is 10.5 Å². The van der Waals surface area contributed by atoms with Crippen LogP contribution in [0.1, 0.15) is 92.3 Å². The number of amides is 1. The first-order valence-electron chi connectivity index (χ1n) is 33.3. The van der Waals surface area contributed by atoms with Crippen molar-refractivity contribution in [2.75, 3.05) is 111 Å². The normalized spacial score (nSPS) is 21.9. The maximum Gasteiger partial charge on any atom is 0.410 e. The monoisotopic (exact) mass is 1210 g/mol. The molecule has 15 rings (SSSR count). The number of rotatable bonds is 18. The summed E-state index contributed by atoms with van der Waals surface area (Å²) in [6.07, 6.45) is 12.2. The van der Waals surface area contributed by atoms with Crippen LogP contribution >= 0.6 is 0 Å². The van der Waals surface area contributed by atoms with Crippen LogP contribution in [-0.4, -0.2) is 157 Å². The van der Waals surface area contributed by atoms with Crippen molar-refractivity contribution in [1.82, 2.24) is 40.0 Å². The number of aromatic nitrogens is 4. The highest BCUT2D eigenvalue weighted by Crippen LogP contribution is 2.39. The number of likely N-dealkylation sites (tertiary alicyclic amines) is 2. The van der Waals surface area contributed by atoms with E-state index in [9.17, 15) is 15.3 Å². The van der Waals surface area contributed by atoms with Crippen LogP contribution in [0.15, 0.2) is 115 Å². The zero-order valence-electron chi connectivity index (χ0n) is 51.9. The number of anilines is 4. The Balaban J connectivity index is 0.000000161. The van der Waals surface area contributed by atoms with E-state index in [2.05, 4.69) is 132 Å². The largest absolute Gasteiger partial charge is 0.462 e.